The number of carbonyl (C=O) groups excluding carboxylic acids is 1. The van der Waals surface area contributed by atoms with Crippen molar-refractivity contribution in [2.75, 3.05) is 19.8 Å². The van der Waals surface area contributed by atoms with Gasteiger partial charge in [0.15, 0.2) is 18.9 Å². The van der Waals surface area contributed by atoms with Crippen LogP contribution in [-0.2, 0) is 33.2 Å². The standard InChI is InChI=1S/C45H76O20/c1-17(2)31(50)25(49)10-18(3)30-26(62-43-40(59)36(55)33(52)28(15-47)64-43)13-22-20-12-24(48)23-11-19(6-8-44(23,4)21(20)7-9-45(22,30)5)61-42-39(58)37(56)34(53)29(65-42)16-60-41-38(57)35(54)32(51)27(14-46)63-41/h17-23,25-43,46-47,49-59H,6-16H2,1-5H3/t18-,19+,20-,21+,22+,23-,25-,26+,27-,28-,29-,30+,31+,32-,33-,34-,35+,36+,37+,38-,39-,40-,41-,42-,43-,44-,45+/m1/s1. The molecule has 3 aliphatic heterocycles. The van der Waals surface area contributed by atoms with Gasteiger partial charge in [-0.3, -0.25) is 4.79 Å². The monoisotopic (exact) mass is 936 g/mol. The predicted octanol–water partition coefficient (Wildman–Crippen LogP) is -2.97. The minimum absolute atomic E-state index is 0.0349. The lowest BCUT2D eigenvalue weighted by atomic mass is 9.44. The van der Waals surface area contributed by atoms with Gasteiger partial charge in [-0.25, -0.2) is 0 Å². The zero-order chi connectivity index (χ0) is 47.6. The highest BCUT2D eigenvalue weighted by atomic mass is 16.7. The number of hydrogen-bond acceptors (Lipinski definition) is 20. The van der Waals surface area contributed by atoms with E-state index in [2.05, 4.69) is 13.8 Å². The number of Topliss-reactive ketones (excluding diaryl/α,β-unsaturated/α-hetero) is 1. The number of hydrogen-bond donors (Lipinski definition) is 13. The molecule has 0 radical (unpaired) electrons. The molecule has 0 bridgehead atoms. The molecular formula is C45H76O20. The molecule has 3 heterocycles. The van der Waals surface area contributed by atoms with Crippen LogP contribution in [0.3, 0.4) is 0 Å². The van der Waals surface area contributed by atoms with Crippen LogP contribution in [0.2, 0.25) is 0 Å². The fraction of sp³-hybridized carbons (Fsp3) is 0.978. The topological polar surface area (TPSA) is 335 Å². The zero-order valence-corrected chi connectivity index (χ0v) is 38.0. The summed E-state index contributed by atoms with van der Waals surface area (Å²) in [6, 6.07) is 0. The van der Waals surface area contributed by atoms with Gasteiger partial charge in [0.1, 0.15) is 79.0 Å². The van der Waals surface area contributed by atoms with Crippen LogP contribution in [0.5, 0.6) is 0 Å². The number of fused-ring (bicyclic) bond motifs is 5. The van der Waals surface area contributed by atoms with E-state index in [0.29, 0.717) is 25.7 Å². The summed E-state index contributed by atoms with van der Waals surface area (Å²) in [6.45, 7) is 8.23. The highest BCUT2D eigenvalue weighted by Gasteiger charge is 2.66. The summed E-state index contributed by atoms with van der Waals surface area (Å²) >= 11 is 0. The summed E-state index contributed by atoms with van der Waals surface area (Å²) in [5.41, 5.74) is -0.839. The first-order chi connectivity index (χ1) is 30.6. The lowest BCUT2D eigenvalue weighted by Gasteiger charge is -2.60. The van der Waals surface area contributed by atoms with Gasteiger partial charge in [0, 0.05) is 12.3 Å². The molecule has 3 saturated heterocycles. The smallest absolute Gasteiger partial charge is 0.186 e. The van der Waals surface area contributed by atoms with Crippen molar-refractivity contribution in [3.63, 3.8) is 0 Å². The number of rotatable bonds is 14. The zero-order valence-electron chi connectivity index (χ0n) is 38.0. The number of ketones is 1. The summed E-state index contributed by atoms with van der Waals surface area (Å²) in [5.74, 6) is -0.923. The van der Waals surface area contributed by atoms with Crippen molar-refractivity contribution in [3.05, 3.63) is 0 Å². The first kappa shape index (κ1) is 51.8. The summed E-state index contributed by atoms with van der Waals surface area (Å²) in [5, 5.41) is 137. The van der Waals surface area contributed by atoms with Gasteiger partial charge in [0.25, 0.3) is 0 Å². The average molecular weight is 937 g/mol. The molecule has 4 aliphatic carbocycles. The number of carbonyl (C=O) groups is 1. The molecular weight excluding hydrogens is 860 g/mol. The third kappa shape index (κ3) is 9.60. The Morgan fingerprint density at radius 2 is 1.17 bits per heavy atom. The fourth-order valence-corrected chi connectivity index (χ4v) is 13.5. The van der Waals surface area contributed by atoms with Crippen molar-refractivity contribution in [2.24, 2.45) is 52.3 Å². The molecule has 7 fully saturated rings. The van der Waals surface area contributed by atoms with E-state index < -0.39 is 153 Å². The third-order valence-electron chi connectivity index (χ3n) is 17.2. The van der Waals surface area contributed by atoms with Gasteiger partial charge in [-0.1, -0.05) is 34.6 Å². The lowest BCUT2D eigenvalue weighted by molar-refractivity contribution is -0.337. The van der Waals surface area contributed by atoms with E-state index in [1.807, 2.05) is 20.8 Å². The summed E-state index contributed by atoms with van der Waals surface area (Å²) in [7, 11) is 0. The molecule has 13 N–H and O–H groups in total. The second kappa shape index (κ2) is 20.3. The Kier molecular flexibility index (Phi) is 16.2. The Morgan fingerprint density at radius 1 is 0.646 bits per heavy atom. The molecule has 27 atom stereocenters. The summed E-state index contributed by atoms with van der Waals surface area (Å²) in [4.78, 5) is 14.5. The van der Waals surface area contributed by atoms with Crippen LogP contribution in [0.1, 0.15) is 86.0 Å². The van der Waals surface area contributed by atoms with E-state index >= 15 is 0 Å². The first-order valence-electron chi connectivity index (χ1n) is 23.7. The van der Waals surface area contributed by atoms with Crippen LogP contribution < -0.4 is 0 Å². The van der Waals surface area contributed by atoms with Crippen LogP contribution in [0, 0.1) is 52.3 Å². The van der Waals surface area contributed by atoms with Crippen molar-refractivity contribution >= 4 is 5.78 Å². The maximum Gasteiger partial charge on any atom is 0.186 e. The van der Waals surface area contributed by atoms with E-state index in [1.165, 1.54) is 0 Å². The third-order valence-corrected chi connectivity index (χ3v) is 17.2. The highest BCUT2D eigenvalue weighted by molar-refractivity contribution is 5.83. The lowest BCUT2D eigenvalue weighted by Crippen LogP contribution is -2.62. The Hall–Kier alpha value is -1.09. The number of aliphatic hydroxyl groups excluding tert-OH is 13. The minimum Gasteiger partial charge on any atom is -0.394 e. The fourth-order valence-electron chi connectivity index (χ4n) is 13.5. The van der Waals surface area contributed by atoms with Gasteiger partial charge >= 0.3 is 0 Å². The first-order valence-corrected chi connectivity index (χ1v) is 23.7. The van der Waals surface area contributed by atoms with E-state index in [9.17, 15) is 71.2 Å². The van der Waals surface area contributed by atoms with Crippen molar-refractivity contribution in [3.8, 4) is 0 Å². The molecule has 4 saturated carbocycles. The maximum atomic E-state index is 14.5. The van der Waals surface area contributed by atoms with Gasteiger partial charge in [-0.05, 0) is 91.3 Å². The molecule has 0 aromatic rings. The predicted molar refractivity (Wildman–Crippen MR) is 222 cm³/mol. The van der Waals surface area contributed by atoms with Gasteiger partial charge in [0.05, 0.1) is 44.2 Å². The minimum atomic E-state index is -1.73. The van der Waals surface area contributed by atoms with Crippen molar-refractivity contribution in [1.29, 1.82) is 0 Å². The van der Waals surface area contributed by atoms with Crippen molar-refractivity contribution < 1.29 is 99.6 Å². The van der Waals surface area contributed by atoms with Crippen LogP contribution in [0.15, 0.2) is 0 Å². The largest absolute Gasteiger partial charge is 0.394 e. The molecule has 20 nitrogen and oxygen atoms in total. The Bertz CT molecular complexity index is 1590. The Labute approximate surface area is 379 Å². The second-order valence-corrected chi connectivity index (χ2v) is 21.4. The summed E-state index contributed by atoms with van der Waals surface area (Å²) in [6.07, 6.45) is -22.1. The van der Waals surface area contributed by atoms with Crippen LogP contribution >= 0.6 is 0 Å². The van der Waals surface area contributed by atoms with Gasteiger partial charge in [0.2, 0.25) is 0 Å². The van der Waals surface area contributed by atoms with Crippen molar-refractivity contribution in [2.45, 2.75) is 203 Å². The van der Waals surface area contributed by atoms with E-state index in [0.717, 1.165) is 12.8 Å². The highest BCUT2D eigenvalue weighted by Crippen LogP contribution is 2.68. The molecule has 65 heavy (non-hydrogen) atoms. The molecule has 20 heteroatoms. The molecule has 7 aliphatic rings. The molecule has 0 amide bonds. The Balaban J connectivity index is 1.05. The normalized spacial score (nSPS) is 51.8. The maximum absolute atomic E-state index is 14.5. The van der Waals surface area contributed by atoms with E-state index in [4.69, 9.17) is 28.4 Å². The summed E-state index contributed by atoms with van der Waals surface area (Å²) < 4.78 is 35.6. The van der Waals surface area contributed by atoms with Gasteiger partial charge < -0.3 is 94.8 Å². The van der Waals surface area contributed by atoms with Crippen LogP contribution in [-0.4, -0.2) is 209 Å². The second-order valence-electron chi connectivity index (χ2n) is 21.4. The molecule has 0 spiro atoms. The van der Waals surface area contributed by atoms with Crippen LogP contribution in [0.4, 0.5) is 0 Å². The quantitative estimate of drug-likeness (QED) is 0.0774. The molecule has 7 rings (SSSR count). The number of aliphatic hydroxyl groups is 13. The SMILES string of the molecule is CC(C)[C@H](O)[C@H](O)C[C@@H](C)[C@H]1[C@@H](O[C@@H]2O[C@H](CO)[C@@H](O)[C@H](O)[C@H]2O)C[C@H]2[C@@H]3CC(=O)[C@H]4C[C@@H](O[C@@H]5O[C@H](CO[C@@H]6O[C@H](CO)[C@@H](O)[C@H](O)[C@H]6O)[C@@H](O)[C@H](O)[C@H]5O)CC[C@]4(C)[C@H]3CC[C@]12C. The van der Waals surface area contributed by atoms with Gasteiger partial charge in [-0.2, -0.15) is 0 Å². The molecule has 0 aromatic carbocycles. The van der Waals surface area contributed by atoms with E-state index in [1.54, 1.807) is 0 Å². The van der Waals surface area contributed by atoms with Crippen LogP contribution in [0.25, 0.3) is 0 Å². The average Bonchev–Trinajstić information content (AvgIpc) is 3.57. The number of ether oxygens (including phenoxy) is 6. The molecule has 0 aromatic heterocycles. The Morgan fingerprint density at radius 3 is 1.75 bits per heavy atom. The molecule has 376 valence electrons. The molecule has 0 unspecified atom stereocenters. The van der Waals surface area contributed by atoms with Gasteiger partial charge in [-0.15, -0.1) is 0 Å². The van der Waals surface area contributed by atoms with E-state index in [-0.39, 0.29) is 54.1 Å². The van der Waals surface area contributed by atoms with Crippen molar-refractivity contribution in [1.82, 2.24) is 0 Å².